The van der Waals surface area contributed by atoms with Gasteiger partial charge in [0.25, 0.3) is 0 Å². The molecule has 0 unspecified atom stereocenters. The zero-order chi connectivity index (χ0) is 11.4. The molecule has 0 spiro atoms. The van der Waals surface area contributed by atoms with Crippen molar-refractivity contribution in [1.29, 1.82) is 0 Å². The van der Waals surface area contributed by atoms with E-state index >= 15 is 0 Å². The van der Waals surface area contributed by atoms with Gasteiger partial charge >= 0.3 is 0 Å². The van der Waals surface area contributed by atoms with Gasteiger partial charge in [-0.15, -0.1) is 0 Å². The van der Waals surface area contributed by atoms with Crippen molar-refractivity contribution in [2.24, 2.45) is 0 Å². The number of aryl methyl sites for hydroxylation is 3. The molecule has 0 fully saturated rings. The van der Waals surface area contributed by atoms with Crippen molar-refractivity contribution < 1.29 is 0 Å². The average molecular weight is 222 g/mol. The first-order valence-electron chi connectivity index (χ1n) is 5.17. The van der Waals surface area contributed by atoms with Crippen LogP contribution < -0.4 is 10.6 Å². The van der Waals surface area contributed by atoms with Gasteiger partial charge in [-0.05, 0) is 55.2 Å². The molecule has 0 aliphatic heterocycles. The highest BCUT2D eigenvalue weighted by atomic mass is 32.1. The molecule has 82 valence electrons. The Morgan fingerprint density at radius 2 is 1.87 bits per heavy atom. The third-order valence-corrected chi connectivity index (χ3v) is 2.88. The van der Waals surface area contributed by atoms with E-state index in [4.69, 9.17) is 12.2 Å². The van der Waals surface area contributed by atoms with Crippen molar-refractivity contribution in [3.63, 3.8) is 0 Å². The zero-order valence-corrected chi connectivity index (χ0v) is 10.6. The lowest BCUT2D eigenvalue weighted by atomic mass is 10.0. The fourth-order valence-electron chi connectivity index (χ4n) is 1.47. The molecule has 0 saturated carbocycles. The maximum Gasteiger partial charge on any atom is 0.170 e. The van der Waals surface area contributed by atoms with E-state index in [9.17, 15) is 0 Å². The number of benzene rings is 1. The summed E-state index contributed by atoms with van der Waals surface area (Å²) in [6.45, 7) is 6.40. The topological polar surface area (TPSA) is 24.1 Å². The van der Waals surface area contributed by atoms with Crippen LogP contribution in [0.25, 0.3) is 0 Å². The first-order valence-corrected chi connectivity index (χ1v) is 5.58. The Kier molecular flexibility index (Phi) is 4.09. The van der Waals surface area contributed by atoms with E-state index in [2.05, 4.69) is 43.5 Å². The van der Waals surface area contributed by atoms with Gasteiger partial charge in [0.1, 0.15) is 0 Å². The van der Waals surface area contributed by atoms with E-state index in [1.807, 2.05) is 7.05 Å². The molecule has 0 bridgehead atoms. The van der Waals surface area contributed by atoms with Crippen LogP contribution in [0.3, 0.4) is 0 Å². The molecular weight excluding hydrogens is 204 g/mol. The lowest BCUT2D eigenvalue weighted by Crippen LogP contribution is -2.24. The maximum absolute atomic E-state index is 5.10. The highest BCUT2D eigenvalue weighted by Gasteiger charge is 2.04. The summed E-state index contributed by atoms with van der Waals surface area (Å²) < 4.78 is 0. The van der Waals surface area contributed by atoms with Crippen LogP contribution in [0.15, 0.2) is 12.1 Å². The normalized spacial score (nSPS) is 9.87. The Labute approximate surface area is 97.1 Å². The molecule has 0 aliphatic carbocycles. The number of rotatable bonds is 2. The van der Waals surface area contributed by atoms with Crippen LogP contribution >= 0.6 is 12.2 Å². The van der Waals surface area contributed by atoms with Crippen LogP contribution in [0.4, 0.5) is 5.69 Å². The van der Waals surface area contributed by atoms with Crippen molar-refractivity contribution in [1.82, 2.24) is 5.32 Å². The highest BCUT2D eigenvalue weighted by Crippen LogP contribution is 2.21. The Morgan fingerprint density at radius 3 is 2.40 bits per heavy atom. The Bertz CT molecular complexity index is 372. The van der Waals surface area contributed by atoms with E-state index in [0.717, 1.165) is 12.1 Å². The summed E-state index contributed by atoms with van der Waals surface area (Å²) in [5.41, 5.74) is 5.03. The fourth-order valence-corrected chi connectivity index (χ4v) is 1.58. The van der Waals surface area contributed by atoms with E-state index in [-0.39, 0.29) is 0 Å². The minimum atomic E-state index is 0.660. The van der Waals surface area contributed by atoms with Crippen molar-refractivity contribution in [2.45, 2.75) is 27.2 Å². The lowest BCUT2D eigenvalue weighted by Gasteiger charge is -2.14. The quantitative estimate of drug-likeness (QED) is 0.752. The largest absolute Gasteiger partial charge is 0.366 e. The SMILES string of the molecule is CCc1cc(C)c(C)cc1NC(=S)NC. The number of nitrogens with one attached hydrogen (secondary N) is 2. The van der Waals surface area contributed by atoms with Crippen LogP contribution in [0.5, 0.6) is 0 Å². The van der Waals surface area contributed by atoms with Crippen LogP contribution in [0.2, 0.25) is 0 Å². The molecule has 0 amide bonds. The summed E-state index contributed by atoms with van der Waals surface area (Å²) >= 11 is 5.10. The Hall–Kier alpha value is -1.09. The fraction of sp³-hybridized carbons (Fsp3) is 0.417. The van der Waals surface area contributed by atoms with Gasteiger partial charge in [-0.2, -0.15) is 0 Å². The highest BCUT2D eigenvalue weighted by molar-refractivity contribution is 7.80. The molecule has 0 atom stereocenters. The molecule has 0 heterocycles. The molecule has 3 heteroatoms. The second-order valence-electron chi connectivity index (χ2n) is 3.65. The first kappa shape index (κ1) is 12.0. The van der Waals surface area contributed by atoms with Gasteiger partial charge in [-0.3, -0.25) is 0 Å². The summed E-state index contributed by atoms with van der Waals surface area (Å²) in [4.78, 5) is 0. The molecule has 0 aliphatic rings. The third-order valence-electron chi connectivity index (χ3n) is 2.58. The Morgan fingerprint density at radius 1 is 1.27 bits per heavy atom. The molecule has 1 rings (SSSR count). The molecule has 1 aromatic rings. The van der Waals surface area contributed by atoms with Crippen molar-refractivity contribution in [3.05, 3.63) is 28.8 Å². The predicted molar refractivity (Wildman–Crippen MR) is 70.6 cm³/mol. The number of hydrogen-bond donors (Lipinski definition) is 2. The van der Waals surface area contributed by atoms with Gasteiger partial charge in [0.15, 0.2) is 5.11 Å². The predicted octanol–water partition coefficient (Wildman–Crippen LogP) is 2.78. The molecule has 2 N–H and O–H groups in total. The summed E-state index contributed by atoms with van der Waals surface area (Å²) in [6, 6.07) is 4.37. The van der Waals surface area contributed by atoms with Crippen LogP contribution in [0, 0.1) is 13.8 Å². The monoisotopic (exact) mass is 222 g/mol. The summed E-state index contributed by atoms with van der Waals surface area (Å²) in [6.07, 6.45) is 1.01. The molecular formula is C12H18N2S. The summed E-state index contributed by atoms with van der Waals surface area (Å²) in [7, 11) is 1.82. The molecule has 1 aromatic carbocycles. The van der Waals surface area contributed by atoms with Crippen LogP contribution in [0.1, 0.15) is 23.6 Å². The van der Waals surface area contributed by atoms with Crippen LogP contribution in [-0.2, 0) is 6.42 Å². The third kappa shape index (κ3) is 2.93. The smallest absolute Gasteiger partial charge is 0.170 e. The van der Waals surface area contributed by atoms with Crippen molar-refractivity contribution in [2.75, 3.05) is 12.4 Å². The number of anilines is 1. The lowest BCUT2D eigenvalue weighted by molar-refractivity contribution is 1.12. The van der Waals surface area contributed by atoms with Crippen molar-refractivity contribution >= 4 is 23.0 Å². The molecule has 15 heavy (non-hydrogen) atoms. The van der Waals surface area contributed by atoms with Gasteiger partial charge in [0, 0.05) is 12.7 Å². The van der Waals surface area contributed by atoms with Gasteiger partial charge in [-0.1, -0.05) is 13.0 Å². The van der Waals surface area contributed by atoms with E-state index < -0.39 is 0 Å². The zero-order valence-electron chi connectivity index (χ0n) is 9.77. The second-order valence-corrected chi connectivity index (χ2v) is 4.06. The number of hydrogen-bond acceptors (Lipinski definition) is 1. The molecule has 0 saturated heterocycles. The summed E-state index contributed by atoms with van der Waals surface area (Å²) in [5.74, 6) is 0. The maximum atomic E-state index is 5.10. The second kappa shape index (κ2) is 5.12. The van der Waals surface area contributed by atoms with Gasteiger partial charge in [0.2, 0.25) is 0 Å². The summed E-state index contributed by atoms with van der Waals surface area (Å²) in [5, 5.41) is 6.78. The number of thiocarbonyl (C=S) groups is 1. The van der Waals surface area contributed by atoms with Gasteiger partial charge in [-0.25, -0.2) is 0 Å². The van der Waals surface area contributed by atoms with E-state index in [1.165, 1.54) is 16.7 Å². The Balaban J connectivity index is 3.05. The van der Waals surface area contributed by atoms with Crippen LogP contribution in [-0.4, -0.2) is 12.2 Å². The van der Waals surface area contributed by atoms with Crippen molar-refractivity contribution in [3.8, 4) is 0 Å². The standard InChI is InChI=1S/C12H18N2S/c1-5-10-6-8(2)9(3)7-11(10)14-12(15)13-4/h6-7H,5H2,1-4H3,(H2,13,14,15). The molecule has 0 radical (unpaired) electrons. The van der Waals surface area contributed by atoms with Gasteiger partial charge in [0.05, 0.1) is 0 Å². The average Bonchev–Trinajstić information content (AvgIpc) is 2.22. The van der Waals surface area contributed by atoms with E-state index in [1.54, 1.807) is 0 Å². The minimum Gasteiger partial charge on any atom is -0.366 e. The van der Waals surface area contributed by atoms with E-state index in [0.29, 0.717) is 5.11 Å². The minimum absolute atomic E-state index is 0.660. The first-order chi connectivity index (χ1) is 7.08. The molecule has 0 aromatic heterocycles. The molecule has 2 nitrogen and oxygen atoms in total. The van der Waals surface area contributed by atoms with Gasteiger partial charge < -0.3 is 10.6 Å².